The zero-order valence-corrected chi connectivity index (χ0v) is 12.2. The van der Waals surface area contributed by atoms with Crippen molar-refractivity contribution in [2.45, 2.75) is 65.7 Å². The van der Waals surface area contributed by atoms with E-state index < -0.39 is 5.41 Å². The van der Waals surface area contributed by atoms with Crippen LogP contribution in [0.2, 0.25) is 0 Å². The Morgan fingerprint density at radius 3 is 1.89 bits per heavy atom. The average molecular weight is 254 g/mol. The topological polar surface area (TPSA) is 43.4 Å². The van der Waals surface area contributed by atoms with Crippen molar-refractivity contribution in [3.05, 3.63) is 0 Å². The Balaban J connectivity index is 2.88. The first kappa shape index (κ1) is 15.2. The van der Waals surface area contributed by atoms with Gasteiger partial charge in [0.05, 0.1) is 7.11 Å². The quantitative estimate of drug-likeness (QED) is 0.516. The van der Waals surface area contributed by atoms with Crippen LogP contribution in [0.3, 0.4) is 0 Å². The molecular formula is C15H26O3. The van der Waals surface area contributed by atoms with Crippen LogP contribution in [0.4, 0.5) is 0 Å². The summed E-state index contributed by atoms with van der Waals surface area (Å²) in [5.41, 5.74) is -0.629. The van der Waals surface area contributed by atoms with E-state index in [-0.39, 0.29) is 17.2 Å². The van der Waals surface area contributed by atoms with Gasteiger partial charge in [0.25, 0.3) is 0 Å². The minimum Gasteiger partial charge on any atom is -0.468 e. The van der Waals surface area contributed by atoms with Crippen molar-refractivity contribution < 1.29 is 14.3 Å². The van der Waals surface area contributed by atoms with Gasteiger partial charge in [0, 0.05) is 6.42 Å². The highest BCUT2D eigenvalue weighted by Crippen LogP contribution is 2.60. The van der Waals surface area contributed by atoms with Crippen molar-refractivity contribution in [2.75, 3.05) is 7.11 Å². The summed E-state index contributed by atoms with van der Waals surface area (Å²) in [5, 5.41) is 0. The maximum atomic E-state index is 12.1. The van der Waals surface area contributed by atoms with Crippen molar-refractivity contribution in [1.82, 2.24) is 0 Å². The number of hydrogen-bond donors (Lipinski definition) is 0. The van der Waals surface area contributed by atoms with Crippen LogP contribution in [0.5, 0.6) is 0 Å². The van der Waals surface area contributed by atoms with Gasteiger partial charge in [0.1, 0.15) is 11.2 Å². The SMILES string of the molecule is CCCC1(CCC)CC(C(=O)CC)(C(=O)OC)C1. The summed E-state index contributed by atoms with van der Waals surface area (Å²) in [4.78, 5) is 24.1. The lowest BCUT2D eigenvalue weighted by atomic mass is 9.48. The van der Waals surface area contributed by atoms with E-state index in [1.807, 2.05) is 6.92 Å². The number of methoxy groups -OCH3 is 1. The number of ether oxygens (including phenoxy) is 1. The highest BCUT2D eigenvalue weighted by atomic mass is 16.5. The molecular weight excluding hydrogens is 228 g/mol. The van der Waals surface area contributed by atoms with Crippen LogP contribution in [0, 0.1) is 10.8 Å². The van der Waals surface area contributed by atoms with Gasteiger partial charge in [-0.25, -0.2) is 0 Å². The van der Waals surface area contributed by atoms with Crippen molar-refractivity contribution in [3.8, 4) is 0 Å². The minimum absolute atomic E-state index is 0.0529. The molecule has 3 heteroatoms. The number of carbonyl (C=O) groups is 2. The van der Waals surface area contributed by atoms with Gasteiger partial charge in [-0.1, -0.05) is 33.6 Å². The lowest BCUT2D eigenvalue weighted by Gasteiger charge is -2.54. The highest BCUT2D eigenvalue weighted by molar-refractivity contribution is 6.05. The number of esters is 1. The van der Waals surface area contributed by atoms with Gasteiger partial charge in [-0.05, 0) is 31.1 Å². The molecule has 104 valence electrons. The largest absolute Gasteiger partial charge is 0.468 e. The fourth-order valence-corrected chi connectivity index (χ4v) is 3.76. The van der Waals surface area contributed by atoms with Crippen molar-refractivity contribution >= 4 is 11.8 Å². The average Bonchev–Trinajstić information content (AvgIpc) is 2.33. The molecule has 1 rings (SSSR count). The van der Waals surface area contributed by atoms with Crippen LogP contribution in [-0.2, 0) is 14.3 Å². The molecule has 1 aliphatic rings. The Morgan fingerprint density at radius 2 is 1.56 bits per heavy atom. The third kappa shape index (κ3) is 2.45. The van der Waals surface area contributed by atoms with E-state index >= 15 is 0 Å². The van der Waals surface area contributed by atoms with Gasteiger partial charge in [-0.3, -0.25) is 9.59 Å². The Bertz CT molecular complexity index is 288. The molecule has 0 aromatic carbocycles. The lowest BCUT2D eigenvalue weighted by molar-refractivity contribution is -0.177. The standard InChI is InChI=1S/C15H26O3/c1-5-8-14(9-6-2)10-15(11-14,12(16)7-3)13(17)18-4/h5-11H2,1-4H3. The molecule has 0 saturated heterocycles. The van der Waals surface area contributed by atoms with E-state index in [1.165, 1.54) is 7.11 Å². The third-order valence-corrected chi connectivity index (χ3v) is 4.35. The molecule has 0 atom stereocenters. The van der Waals surface area contributed by atoms with E-state index in [0.29, 0.717) is 19.3 Å². The number of carbonyl (C=O) groups excluding carboxylic acids is 2. The van der Waals surface area contributed by atoms with E-state index in [1.54, 1.807) is 0 Å². The van der Waals surface area contributed by atoms with Gasteiger partial charge in [0.15, 0.2) is 0 Å². The molecule has 0 unspecified atom stereocenters. The molecule has 1 fully saturated rings. The van der Waals surface area contributed by atoms with Crippen LogP contribution in [0.15, 0.2) is 0 Å². The van der Waals surface area contributed by atoms with Crippen LogP contribution >= 0.6 is 0 Å². The molecule has 0 heterocycles. The minimum atomic E-state index is -0.826. The first-order valence-electron chi connectivity index (χ1n) is 7.12. The maximum Gasteiger partial charge on any atom is 0.319 e. The second-order valence-corrected chi connectivity index (χ2v) is 5.70. The Morgan fingerprint density at radius 1 is 1.06 bits per heavy atom. The Hall–Kier alpha value is -0.860. The molecule has 1 saturated carbocycles. The van der Waals surface area contributed by atoms with Crippen molar-refractivity contribution in [3.63, 3.8) is 0 Å². The molecule has 18 heavy (non-hydrogen) atoms. The lowest BCUT2D eigenvalue weighted by Crippen LogP contribution is -2.56. The fourth-order valence-electron chi connectivity index (χ4n) is 3.76. The molecule has 0 N–H and O–H groups in total. The van der Waals surface area contributed by atoms with E-state index in [0.717, 1.165) is 25.7 Å². The number of rotatable bonds is 7. The van der Waals surface area contributed by atoms with Gasteiger partial charge >= 0.3 is 5.97 Å². The summed E-state index contributed by atoms with van der Waals surface area (Å²) >= 11 is 0. The van der Waals surface area contributed by atoms with E-state index in [4.69, 9.17) is 4.74 Å². The summed E-state index contributed by atoms with van der Waals surface area (Å²) in [5.74, 6) is -0.269. The zero-order chi connectivity index (χ0) is 13.8. The van der Waals surface area contributed by atoms with Crippen molar-refractivity contribution in [2.24, 2.45) is 10.8 Å². The third-order valence-electron chi connectivity index (χ3n) is 4.35. The molecule has 0 spiro atoms. The van der Waals surface area contributed by atoms with Crippen LogP contribution in [0.25, 0.3) is 0 Å². The molecule has 0 radical (unpaired) electrons. The second kappa shape index (κ2) is 5.85. The summed E-state index contributed by atoms with van der Waals surface area (Å²) in [7, 11) is 1.38. The van der Waals surface area contributed by atoms with Gasteiger partial charge in [-0.15, -0.1) is 0 Å². The smallest absolute Gasteiger partial charge is 0.319 e. The van der Waals surface area contributed by atoms with Crippen molar-refractivity contribution in [1.29, 1.82) is 0 Å². The molecule has 0 amide bonds. The van der Waals surface area contributed by atoms with Gasteiger partial charge in [0.2, 0.25) is 0 Å². The molecule has 0 bridgehead atoms. The molecule has 0 aliphatic heterocycles. The van der Waals surface area contributed by atoms with Gasteiger partial charge < -0.3 is 4.74 Å². The monoisotopic (exact) mass is 254 g/mol. The maximum absolute atomic E-state index is 12.1. The summed E-state index contributed by atoms with van der Waals surface area (Å²) in [6.07, 6.45) is 6.24. The number of hydrogen-bond acceptors (Lipinski definition) is 3. The number of ketones is 1. The summed E-state index contributed by atoms with van der Waals surface area (Å²) < 4.78 is 4.87. The highest BCUT2D eigenvalue weighted by Gasteiger charge is 2.61. The predicted molar refractivity (Wildman–Crippen MR) is 71.2 cm³/mol. The summed E-state index contributed by atoms with van der Waals surface area (Å²) in [6, 6.07) is 0. The summed E-state index contributed by atoms with van der Waals surface area (Å²) in [6.45, 7) is 6.15. The molecule has 3 nitrogen and oxygen atoms in total. The van der Waals surface area contributed by atoms with Gasteiger partial charge in [-0.2, -0.15) is 0 Å². The normalized spacial score (nSPS) is 20.0. The molecule has 0 aromatic rings. The second-order valence-electron chi connectivity index (χ2n) is 5.70. The number of Topliss-reactive ketones (excluding diaryl/α,β-unsaturated/α-hetero) is 1. The first-order valence-corrected chi connectivity index (χ1v) is 7.12. The Kier molecular flexibility index (Phi) is 4.94. The zero-order valence-electron chi connectivity index (χ0n) is 12.2. The Labute approximate surface area is 110 Å². The van der Waals surface area contributed by atoms with Crippen LogP contribution < -0.4 is 0 Å². The fraction of sp³-hybridized carbons (Fsp3) is 0.867. The van der Waals surface area contributed by atoms with Crippen LogP contribution in [0.1, 0.15) is 65.7 Å². The predicted octanol–water partition coefficient (Wildman–Crippen LogP) is 3.51. The van der Waals surface area contributed by atoms with E-state index in [2.05, 4.69) is 13.8 Å². The molecule has 0 aromatic heterocycles. The molecule has 1 aliphatic carbocycles. The van der Waals surface area contributed by atoms with Crippen LogP contribution in [-0.4, -0.2) is 18.9 Å². The first-order chi connectivity index (χ1) is 8.50. The van der Waals surface area contributed by atoms with E-state index in [9.17, 15) is 9.59 Å².